The monoisotopic (exact) mass is 371 g/mol. The molecule has 4 rings (SSSR count). The molecule has 25 heavy (non-hydrogen) atoms. The topological polar surface area (TPSA) is 56.2 Å². The third-order valence-corrected chi connectivity index (χ3v) is 6.69. The van der Waals surface area contributed by atoms with Crippen LogP contribution in [0.25, 0.3) is 0 Å². The summed E-state index contributed by atoms with van der Waals surface area (Å²) in [4.78, 5) is 12.2. The molecule has 0 spiro atoms. The fraction of sp³-hybridized carbons (Fsp3) is 0.765. The van der Waals surface area contributed by atoms with Gasteiger partial charge in [-0.15, -0.1) is 0 Å². The average molecular weight is 371 g/mol. The zero-order valence-electron chi connectivity index (χ0n) is 14.3. The van der Waals surface area contributed by atoms with Crippen molar-refractivity contribution in [3.8, 4) is 0 Å². The standard InChI is InChI=1S/C17H23F2N3O2S/c1-22-15(20-16(23)24-12-8-25-9-12)13(5-10-3-2-4-10)14(21-22)11-6-17(18,19)7-11/h10-12H,2-9H2,1H3,(H,20,23). The molecule has 5 nitrogen and oxygen atoms in total. The molecule has 1 saturated heterocycles. The highest BCUT2D eigenvalue weighted by Crippen LogP contribution is 2.50. The first-order valence-electron chi connectivity index (χ1n) is 8.90. The third-order valence-electron chi connectivity index (χ3n) is 5.47. The maximum absolute atomic E-state index is 13.3. The first-order chi connectivity index (χ1) is 11.9. The van der Waals surface area contributed by atoms with E-state index in [1.54, 1.807) is 23.5 Å². The van der Waals surface area contributed by atoms with Gasteiger partial charge in [-0.1, -0.05) is 19.3 Å². The maximum Gasteiger partial charge on any atom is 0.413 e. The molecule has 1 aromatic rings. The van der Waals surface area contributed by atoms with Crippen LogP contribution in [0.3, 0.4) is 0 Å². The van der Waals surface area contributed by atoms with E-state index in [1.807, 2.05) is 0 Å². The lowest BCUT2D eigenvalue weighted by Gasteiger charge is -2.35. The van der Waals surface area contributed by atoms with Crippen LogP contribution < -0.4 is 5.32 Å². The third kappa shape index (κ3) is 3.50. The molecule has 0 aromatic carbocycles. The van der Waals surface area contributed by atoms with Crippen molar-refractivity contribution in [1.82, 2.24) is 9.78 Å². The van der Waals surface area contributed by atoms with Gasteiger partial charge in [0.2, 0.25) is 5.92 Å². The highest BCUT2D eigenvalue weighted by molar-refractivity contribution is 8.00. The van der Waals surface area contributed by atoms with Crippen LogP contribution >= 0.6 is 11.8 Å². The molecule has 8 heteroatoms. The van der Waals surface area contributed by atoms with Crippen LogP contribution in [0.4, 0.5) is 19.4 Å². The van der Waals surface area contributed by atoms with Gasteiger partial charge in [-0.2, -0.15) is 16.9 Å². The predicted octanol–water partition coefficient (Wildman–Crippen LogP) is 3.94. The maximum atomic E-state index is 13.3. The Kier molecular flexibility index (Phi) is 4.42. The van der Waals surface area contributed by atoms with Gasteiger partial charge in [-0.3, -0.25) is 10.00 Å². The van der Waals surface area contributed by atoms with Gasteiger partial charge in [0.05, 0.1) is 5.69 Å². The van der Waals surface area contributed by atoms with Crippen LogP contribution in [0.2, 0.25) is 0 Å². The molecule has 1 aliphatic heterocycles. The van der Waals surface area contributed by atoms with Crippen LogP contribution in [-0.2, 0) is 18.2 Å². The number of carbonyl (C=O) groups excluding carboxylic acids is 1. The molecule has 138 valence electrons. The lowest BCUT2D eigenvalue weighted by Crippen LogP contribution is -2.34. The minimum Gasteiger partial charge on any atom is -0.444 e. The van der Waals surface area contributed by atoms with Gasteiger partial charge < -0.3 is 4.74 Å². The van der Waals surface area contributed by atoms with Crippen LogP contribution in [-0.4, -0.2) is 39.4 Å². The number of hydrogen-bond donors (Lipinski definition) is 1. The minimum absolute atomic E-state index is 0.0295. The Morgan fingerprint density at radius 1 is 1.40 bits per heavy atom. The number of alkyl halides is 2. The number of thioether (sulfide) groups is 1. The van der Waals surface area contributed by atoms with Crippen molar-refractivity contribution in [3.63, 3.8) is 0 Å². The quantitative estimate of drug-likeness (QED) is 0.852. The van der Waals surface area contributed by atoms with E-state index in [1.165, 1.54) is 6.42 Å². The van der Waals surface area contributed by atoms with Gasteiger partial charge in [-0.25, -0.2) is 13.6 Å². The van der Waals surface area contributed by atoms with Crippen LogP contribution in [0.15, 0.2) is 0 Å². The molecule has 3 aliphatic rings. The summed E-state index contributed by atoms with van der Waals surface area (Å²) in [5.74, 6) is 0.0273. The summed E-state index contributed by atoms with van der Waals surface area (Å²) in [6, 6.07) is 0. The van der Waals surface area contributed by atoms with Gasteiger partial charge in [0, 0.05) is 42.9 Å². The Hall–Kier alpha value is -1.31. The molecule has 0 bridgehead atoms. The summed E-state index contributed by atoms with van der Waals surface area (Å²) in [5, 5.41) is 7.30. The number of carbonyl (C=O) groups is 1. The molecular formula is C17H23F2N3O2S. The number of amides is 1. The number of aromatic nitrogens is 2. The number of ether oxygens (including phenoxy) is 1. The Morgan fingerprint density at radius 3 is 2.64 bits per heavy atom. The zero-order valence-corrected chi connectivity index (χ0v) is 15.1. The normalized spacial score (nSPS) is 23.5. The smallest absolute Gasteiger partial charge is 0.413 e. The van der Waals surface area contributed by atoms with Gasteiger partial charge in [0.15, 0.2) is 0 Å². The molecule has 0 radical (unpaired) electrons. The molecule has 3 fully saturated rings. The van der Waals surface area contributed by atoms with Gasteiger partial charge >= 0.3 is 6.09 Å². The van der Waals surface area contributed by atoms with Crippen molar-refractivity contribution in [3.05, 3.63) is 11.3 Å². The van der Waals surface area contributed by atoms with Gasteiger partial charge in [0.1, 0.15) is 11.9 Å². The van der Waals surface area contributed by atoms with Crippen LogP contribution in [0.1, 0.15) is 49.3 Å². The van der Waals surface area contributed by atoms with Crippen LogP contribution in [0.5, 0.6) is 0 Å². The summed E-state index contributed by atoms with van der Waals surface area (Å²) in [6.07, 6.45) is 3.50. The molecule has 2 aliphatic carbocycles. The molecular weight excluding hydrogens is 348 g/mol. The number of nitrogens with one attached hydrogen (secondary N) is 1. The molecule has 0 unspecified atom stereocenters. The minimum atomic E-state index is -2.58. The molecule has 1 N–H and O–H groups in total. The number of hydrogen-bond acceptors (Lipinski definition) is 4. The van der Waals surface area contributed by atoms with Crippen molar-refractivity contribution in [2.45, 2.75) is 56.5 Å². The summed E-state index contributed by atoms with van der Waals surface area (Å²) >= 11 is 1.74. The molecule has 1 amide bonds. The number of nitrogens with zero attached hydrogens (tertiary/aromatic N) is 2. The highest BCUT2D eigenvalue weighted by atomic mass is 32.2. The fourth-order valence-corrected chi connectivity index (χ4v) is 4.24. The van der Waals surface area contributed by atoms with E-state index in [-0.39, 0.29) is 24.9 Å². The van der Waals surface area contributed by atoms with E-state index < -0.39 is 12.0 Å². The van der Waals surface area contributed by atoms with Crippen LogP contribution in [0, 0.1) is 5.92 Å². The Labute approximate surface area is 149 Å². The molecule has 1 aromatic heterocycles. The number of halogens is 2. The summed E-state index contributed by atoms with van der Waals surface area (Å²) in [6.45, 7) is 0. The summed E-state index contributed by atoms with van der Waals surface area (Å²) in [5.41, 5.74) is 1.66. The second kappa shape index (κ2) is 6.45. The Morgan fingerprint density at radius 2 is 2.12 bits per heavy atom. The van der Waals surface area contributed by atoms with E-state index in [0.717, 1.165) is 42.0 Å². The zero-order chi connectivity index (χ0) is 17.6. The van der Waals surface area contributed by atoms with Crippen molar-refractivity contribution in [1.29, 1.82) is 0 Å². The largest absolute Gasteiger partial charge is 0.444 e. The van der Waals surface area contributed by atoms with Crippen molar-refractivity contribution in [2.75, 3.05) is 16.8 Å². The number of anilines is 1. The number of rotatable bonds is 5. The van der Waals surface area contributed by atoms with Crippen molar-refractivity contribution < 1.29 is 18.3 Å². The lowest BCUT2D eigenvalue weighted by molar-refractivity contribution is -0.0878. The second-order valence-corrected chi connectivity index (χ2v) is 8.56. The molecule has 2 heterocycles. The first-order valence-corrected chi connectivity index (χ1v) is 10.1. The SMILES string of the molecule is Cn1nc(C2CC(F)(F)C2)c(CC2CCC2)c1NC(=O)OC1CSC1. The van der Waals surface area contributed by atoms with E-state index in [9.17, 15) is 13.6 Å². The Bertz CT molecular complexity index is 663. The van der Waals surface area contributed by atoms with Crippen molar-refractivity contribution >= 4 is 23.7 Å². The predicted molar refractivity (Wildman–Crippen MR) is 92.4 cm³/mol. The first kappa shape index (κ1) is 17.1. The molecule has 0 atom stereocenters. The average Bonchev–Trinajstić information content (AvgIpc) is 2.72. The van der Waals surface area contributed by atoms with Gasteiger partial charge in [0.25, 0.3) is 0 Å². The lowest BCUT2D eigenvalue weighted by atomic mass is 9.75. The van der Waals surface area contributed by atoms with E-state index >= 15 is 0 Å². The number of aryl methyl sites for hydroxylation is 1. The molecule has 2 saturated carbocycles. The van der Waals surface area contributed by atoms with E-state index in [4.69, 9.17) is 4.74 Å². The van der Waals surface area contributed by atoms with E-state index in [2.05, 4.69) is 10.4 Å². The van der Waals surface area contributed by atoms with E-state index in [0.29, 0.717) is 11.7 Å². The summed E-state index contributed by atoms with van der Waals surface area (Å²) < 4.78 is 33.6. The second-order valence-electron chi connectivity index (χ2n) is 7.49. The van der Waals surface area contributed by atoms with Crippen molar-refractivity contribution in [2.24, 2.45) is 13.0 Å². The fourth-order valence-electron chi connectivity index (χ4n) is 3.67. The summed E-state index contributed by atoms with van der Waals surface area (Å²) in [7, 11) is 1.75. The highest BCUT2D eigenvalue weighted by Gasteiger charge is 2.48. The Balaban J connectivity index is 1.53. The van der Waals surface area contributed by atoms with Gasteiger partial charge in [-0.05, 0) is 12.3 Å².